The van der Waals surface area contributed by atoms with Crippen LogP contribution in [-0.2, 0) is 7.05 Å². The molecule has 3 rings (SSSR count). The predicted molar refractivity (Wildman–Crippen MR) is 102 cm³/mol. The zero-order chi connectivity index (χ0) is 19.4. The Hall–Kier alpha value is -3.53. The summed E-state index contributed by atoms with van der Waals surface area (Å²) in [6.07, 6.45) is 5.52. The van der Waals surface area contributed by atoms with Crippen LogP contribution in [0.25, 0.3) is 11.3 Å². The van der Waals surface area contributed by atoms with Crippen molar-refractivity contribution in [1.29, 1.82) is 5.26 Å². The highest BCUT2D eigenvalue weighted by Crippen LogP contribution is 2.24. The Kier molecular flexibility index (Phi) is 5.27. The summed E-state index contributed by atoms with van der Waals surface area (Å²) in [6.45, 7) is 3.68. The van der Waals surface area contributed by atoms with E-state index in [2.05, 4.69) is 26.5 Å². The fourth-order valence-electron chi connectivity index (χ4n) is 2.66. The molecule has 7 nitrogen and oxygen atoms in total. The van der Waals surface area contributed by atoms with Crippen LogP contribution in [0.2, 0.25) is 0 Å². The molecule has 0 radical (unpaired) electrons. The minimum Gasteiger partial charge on any atom is -0.321 e. The molecular formula is C20H20N6O. The van der Waals surface area contributed by atoms with Gasteiger partial charge in [-0.15, -0.1) is 0 Å². The molecule has 0 bridgehead atoms. The molecule has 0 spiro atoms. The van der Waals surface area contributed by atoms with Gasteiger partial charge in [0.15, 0.2) is 5.78 Å². The van der Waals surface area contributed by atoms with Gasteiger partial charge in [-0.3, -0.25) is 9.48 Å². The molecule has 3 aromatic rings. The summed E-state index contributed by atoms with van der Waals surface area (Å²) in [5.74, 6) is 0.155. The topological polar surface area (TPSA) is 96.5 Å². The van der Waals surface area contributed by atoms with Crippen molar-refractivity contribution in [1.82, 2.24) is 19.7 Å². The van der Waals surface area contributed by atoms with E-state index in [1.54, 1.807) is 36.1 Å². The van der Waals surface area contributed by atoms with Crippen LogP contribution in [-0.4, -0.2) is 25.5 Å². The first-order valence-electron chi connectivity index (χ1n) is 8.59. The van der Waals surface area contributed by atoms with E-state index in [0.29, 0.717) is 11.5 Å². The molecule has 0 fully saturated rings. The van der Waals surface area contributed by atoms with Crippen molar-refractivity contribution < 1.29 is 4.79 Å². The van der Waals surface area contributed by atoms with Crippen molar-refractivity contribution in [2.24, 2.45) is 13.0 Å². The summed E-state index contributed by atoms with van der Waals surface area (Å²) in [5, 5.41) is 16.1. The number of nitrogens with zero attached hydrogens (tertiary/aromatic N) is 5. The Morgan fingerprint density at radius 1 is 1.30 bits per heavy atom. The maximum atomic E-state index is 12.2. The van der Waals surface area contributed by atoms with E-state index >= 15 is 0 Å². The molecule has 2 aromatic heterocycles. The van der Waals surface area contributed by atoms with Crippen LogP contribution < -0.4 is 5.32 Å². The highest BCUT2D eigenvalue weighted by atomic mass is 16.1. The van der Waals surface area contributed by atoms with Gasteiger partial charge in [0.2, 0.25) is 5.95 Å². The number of hydrogen-bond acceptors (Lipinski definition) is 6. The molecule has 0 saturated carbocycles. The standard InChI is InChI=1S/C20H20N6O/c1-13(9-21)8-18(27)15-4-6-16(7-5-15)19-14(2)10-22-20(25-19)24-17-11-23-26(3)12-17/h4-7,10-13H,8H2,1-3H3,(H,22,24,25)/t13-/m1/s1. The summed E-state index contributed by atoms with van der Waals surface area (Å²) in [6, 6.07) is 9.37. The number of aryl methyl sites for hydroxylation is 2. The van der Waals surface area contributed by atoms with Crippen molar-refractivity contribution in [2.75, 3.05) is 5.32 Å². The van der Waals surface area contributed by atoms with Gasteiger partial charge in [0, 0.05) is 37.0 Å². The van der Waals surface area contributed by atoms with Gasteiger partial charge in [0.05, 0.1) is 29.6 Å². The second-order valence-electron chi connectivity index (χ2n) is 6.49. The Labute approximate surface area is 157 Å². The van der Waals surface area contributed by atoms with Crippen molar-refractivity contribution in [2.45, 2.75) is 20.3 Å². The summed E-state index contributed by atoms with van der Waals surface area (Å²) in [7, 11) is 1.84. The number of nitriles is 1. The molecule has 27 heavy (non-hydrogen) atoms. The zero-order valence-corrected chi connectivity index (χ0v) is 15.5. The van der Waals surface area contributed by atoms with E-state index in [1.165, 1.54) is 0 Å². The second-order valence-corrected chi connectivity index (χ2v) is 6.49. The third kappa shape index (κ3) is 4.36. The predicted octanol–water partition coefficient (Wildman–Crippen LogP) is 3.66. The van der Waals surface area contributed by atoms with E-state index in [4.69, 9.17) is 5.26 Å². The Balaban J connectivity index is 1.82. The molecule has 0 unspecified atom stereocenters. The molecule has 0 aliphatic rings. The molecule has 0 aliphatic heterocycles. The van der Waals surface area contributed by atoms with Gasteiger partial charge in [-0.25, -0.2) is 9.97 Å². The number of ketones is 1. The van der Waals surface area contributed by atoms with Gasteiger partial charge in [-0.1, -0.05) is 24.3 Å². The number of aromatic nitrogens is 4. The lowest BCUT2D eigenvalue weighted by Crippen LogP contribution is -2.04. The first-order chi connectivity index (χ1) is 13.0. The molecule has 0 aliphatic carbocycles. The van der Waals surface area contributed by atoms with Gasteiger partial charge in [0.25, 0.3) is 0 Å². The number of nitrogens with one attached hydrogen (secondary N) is 1. The fraction of sp³-hybridized carbons (Fsp3) is 0.250. The van der Waals surface area contributed by atoms with E-state index in [-0.39, 0.29) is 18.1 Å². The number of Topliss-reactive ketones (excluding diaryl/α,β-unsaturated/α-hetero) is 1. The third-order valence-corrected chi connectivity index (χ3v) is 4.13. The maximum Gasteiger partial charge on any atom is 0.227 e. The van der Waals surface area contributed by atoms with Crippen LogP contribution in [0.1, 0.15) is 29.3 Å². The van der Waals surface area contributed by atoms with Gasteiger partial charge >= 0.3 is 0 Å². The van der Waals surface area contributed by atoms with E-state index in [1.807, 2.05) is 32.3 Å². The molecule has 0 saturated heterocycles. The molecule has 0 amide bonds. The molecule has 7 heteroatoms. The lowest BCUT2D eigenvalue weighted by atomic mass is 9.99. The first-order valence-corrected chi connectivity index (χ1v) is 8.59. The molecule has 1 N–H and O–H groups in total. The maximum absolute atomic E-state index is 12.2. The zero-order valence-electron chi connectivity index (χ0n) is 15.5. The van der Waals surface area contributed by atoms with Crippen LogP contribution in [0, 0.1) is 24.2 Å². The number of benzene rings is 1. The normalized spacial score (nSPS) is 11.6. The molecule has 2 heterocycles. The van der Waals surface area contributed by atoms with Crippen LogP contribution in [0.4, 0.5) is 11.6 Å². The van der Waals surface area contributed by atoms with Crippen LogP contribution in [0.3, 0.4) is 0 Å². The van der Waals surface area contributed by atoms with E-state index < -0.39 is 0 Å². The minimum absolute atomic E-state index is 0.0334. The average molecular weight is 360 g/mol. The number of anilines is 2. The number of carbonyl (C=O) groups excluding carboxylic acids is 1. The summed E-state index contributed by atoms with van der Waals surface area (Å²) in [5.41, 5.74) is 4.03. The largest absolute Gasteiger partial charge is 0.321 e. The van der Waals surface area contributed by atoms with Crippen LogP contribution in [0.15, 0.2) is 42.9 Å². The Morgan fingerprint density at radius 3 is 2.67 bits per heavy atom. The van der Waals surface area contributed by atoms with E-state index in [0.717, 1.165) is 22.5 Å². The van der Waals surface area contributed by atoms with E-state index in [9.17, 15) is 4.79 Å². The number of carbonyl (C=O) groups is 1. The van der Waals surface area contributed by atoms with Gasteiger partial charge in [0.1, 0.15) is 0 Å². The monoisotopic (exact) mass is 360 g/mol. The Morgan fingerprint density at radius 2 is 2.04 bits per heavy atom. The quantitative estimate of drug-likeness (QED) is 0.674. The second kappa shape index (κ2) is 7.79. The molecular weight excluding hydrogens is 340 g/mol. The van der Waals surface area contributed by atoms with Crippen molar-refractivity contribution in [3.8, 4) is 17.3 Å². The minimum atomic E-state index is -0.289. The first kappa shape index (κ1) is 18.3. The molecule has 1 aromatic carbocycles. The fourth-order valence-corrected chi connectivity index (χ4v) is 2.66. The van der Waals surface area contributed by atoms with Crippen molar-refractivity contribution >= 4 is 17.4 Å². The van der Waals surface area contributed by atoms with Gasteiger partial charge in [-0.2, -0.15) is 10.4 Å². The highest BCUT2D eigenvalue weighted by Gasteiger charge is 2.12. The van der Waals surface area contributed by atoms with Crippen molar-refractivity contribution in [3.63, 3.8) is 0 Å². The lowest BCUT2D eigenvalue weighted by molar-refractivity contribution is 0.0973. The lowest BCUT2D eigenvalue weighted by Gasteiger charge is -2.09. The molecule has 1 atom stereocenters. The smallest absolute Gasteiger partial charge is 0.227 e. The molecule has 136 valence electrons. The third-order valence-electron chi connectivity index (χ3n) is 4.13. The van der Waals surface area contributed by atoms with Crippen LogP contribution >= 0.6 is 0 Å². The van der Waals surface area contributed by atoms with Crippen molar-refractivity contribution in [3.05, 3.63) is 54.0 Å². The summed E-state index contributed by atoms with van der Waals surface area (Å²) >= 11 is 0. The van der Waals surface area contributed by atoms with Gasteiger partial charge in [-0.05, 0) is 19.4 Å². The highest BCUT2D eigenvalue weighted by molar-refractivity contribution is 5.96. The van der Waals surface area contributed by atoms with Gasteiger partial charge < -0.3 is 5.32 Å². The van der Waals surface area contributed by atoms with Crippen LogP contribution in [0.5, 0.6) is 0 Å². The number of hydrogen-bond donors (Lipinski definition) is 1. The Bertz CT molecular complexity index is 1000. The SMILES string of the molecule is Cc1cnc(Nc2cnn(C)c2)nc1-c1ccc(C(=O)C[C@@H](C)C#N)cc1. The summed E-state index contributed by atoms with van der Waals surface area (Å²) < 4.78 is 1.69. The number of rotatable bonds is 6. The summed E-state index contributed by atoms with van der Waals surface area (Å²) in [4.78, 5) is 21.1. The average Bonchev–Trinajstić information content (AvgIpc) is 3.08.